The fourth-order valence-corrected chi connectivity index (χ4v) is 5.17. The summed E-state index contributed by atoms with van der Waals surface area (Å²) in [6, 6.07) is 9.45. The number of benzene rings is 1. The number of nitriles is 1. The largest absolute Gasteiger partial charge is 0.390 e. The highest BCUT2D eigenvalue weighted by molar-refractivity contribution is 6.04. The maximum Gasteiger partial charge on any atom is 0.251 e. The van der Waals surface area contributed by atoms with E-state index in [1.54, 1.807) is 31.5 Å². The minimum Gasteiger partial charge on any atom is -0.390 e. The lowest BCUT2D eigenvalue weighted by atomic mass is 9.77. The SMILES string of the molecule is CC1(O)CC(NC(=O)C(c2cccnc2)N(C(=O)C2CCCN2C#N)c2ccc(C(C)(C)C)cc2)C1. The molecule has 2 atom stereocenters. The van der Waals surface area contributed by atoms with Gasteiger partial charge in [-0.25, -0.2) is 0 Å². The number of carbonyl (C=O) groups is 2. The number of nitrogens with one attached hydrogen (secondary N) is 1. The van der Waals surface area contributed by atoms with Crippen LogP contribution in [0.15, 0.2) is 48.8 Å². The zero-order valence-corrected chi connectivity index (χ0v) is 21.4. The normalized spacial score (nSPS) is 24.4. The molecule has 1 aliphatic carbocycles. The van der Waals surface area contributed by atoms with Crippen LogP contribution in [0.3, 0.4) is 0 Å². The van der Waals surface area contributed by atoms with Gasteiger partial charge in [-0.2, -0.15) is 5.26 Å². The Balaban J connectivity index is 1.76. The van der Waals surface area contributed by atoms with Crippen molar-refractivity contribution in [1.82, 2.24) is 15.2 Å². The average Bonchev–Trinajstić information content (AvgIpc) is 3.30. The third-order valence-electron chi connectivity index (χ3n) is 7.14. The van der Waals surface area contributed by atoms with Crippen LogP contribution in [0.2, 0.25) is 0 Å². The summed E-state index contributed by atoms with van der Waals surface area (Å²) >= 11 is 0. The Morgan fingerprint density at radius 3 is 2.50 bits per heavy atom. The van der Waals surface area contributed by atoms with Crippen LogP contribution in [-0.2, 0) is 15.0 Å². The van der Waals surface area contributed by atoms with Crippen molar-refractivity contribution in [2.75, 3.05) is 11.4 Å². The van der Waals surface area contributed by atoms with Crippen LogP contribution in [0.5, 0.6) is 0 Å². The van der Waals surface area contributed by atoms with E-state index < -0.39 is 17.7 Å². The summed E-state index contributed by atoms with van der Waals surface area (Å²) in [7, 11) is 0. The molecular weight excluding hydrogens is 454 g/mol. The Bertz CT molecular complexity index is 1130. The number of anilines is 1. The lowest BCUT2D eigenvalue weighted by Crippen LogP contribution is -2.57. The Hall–Kier alpha value is -3.44. The number of carbonyl (C=O) groups excluding carboxylic acids is 2. The van der Waals surface area contributed by atoms with Crippen molar-refractivity contribution in [3.8, 4) is 6.19 Å². The van der Waals surface area contributed by atoms with E-state index in [0.29, 0.717) is 37.1 Å². The van der Waals surface area contributed by atoms with Crippen LogP contribution >= 0.6 is 0 Å². The molecule has 2 fully saturated rings. The summed E-state index contributed by atoms with van der Waals surface area (Å²) in [5, 5.41) is 22.8. The molecule has 190 valence electrons. The molecule has 2 aromatic rings. The van der Waals surface area contributed by atoms with E-state index >= 15 is 0 Å². The number of likely N-dealkylation sites (tertiary alicyclic amines) is 1. The number of hydrogen-bond acceptors (Lipinski definition) is 6. The summed E-state index contributed by atoms with van der Waals surface area (Å²) in [6.45, 7) is 8.62. The van der Waals surface area contributed by atoms with Gasteiger partial charge in [-0.1, -0.05) is 39.0 Å². The van der Waals surface area contributed by atoms with Crippen LogP contribution in [0.1, 0.15) is 70.5 Å². The van der Waals surface area contributed by atoms with Crippen molar-refractivity contribution in [3.63, 3.8) is 0 Å². The summed E-state index contributed by atoms with van der Waals surface area (Å²) in [4.78, 5) is 35.1. The second kappa shape index (κ2) is 9.90. The topological polar surface area (TPSA) is 110 Å². The first-order valence-corrected chi connectivity index (χ1v) is 12.5. The highest BCUT2D eigenvalue weighted by atomic mass is 16.3. The first-order chi connectivity index (χ1) is 17.0. The first kappa shape index (κ1) is 25.6. The number of aromatic nitrogens is 1. The Labute approximate surface area is 212 Å². The number of nitrogens with zero attached hydrogens (tertiary/aromatic N) is 4. The van der Waals surface area contributed by atoms with Crippen LogP contribution < -0.4 is 10.2 Å². The summed E-state index contributed by atoms with van der Waals surface area (Å²) in [6.07, 6.45) is 7.57. The van der Waals surface area contributed by atoms with Gasteiger partial charge in [0.05, 0.1) is 5.60 Å². The molecule has 8 heteroatoms. The van der Waals surface area contributed by atoms with E-state index in [1.165, 1.54) is 9.80 Å². The van der Waals surface area contributed by atoms with Gasteiger partial charge >= 0.3 is 0 Å². The van der Waals surface area contributed by atoms with Crippen molar-refractivity contribution in [3.05, 3.63) is 59.9 Å². The van der Waals surface area contributed by atoms with Crippen molar-refractivity contribution < 1.29 is 14.7 Å². The third-order valence-corrected chi connectivity index (χ3v) is 7.14. The zero-order valence-electron chi connectivity index (χ0n) is 21.4. The van der Waals surface area contributed by atoms with Gasteiger partial charge < -0.3 is 10.4 Å². The van der Waals surface area contributed by atoms with E-state index in [1.807, 2.05) is 24.3 Å². The predicted octanol–water partition coefficient (Wildman–Crippen LogP) is 3.43. The highest BCUT2D eigenvalue weighted by Gasteiger charge is 2.43. The maximum atomic E-state index is 14.1. The van der Waals surface area contributed by atoms with E-state index in [9.17, 15) is 20.0 Å². The van der Waals surface area contributed by atoms with Crippen molar-refractivity contribution in [1.29, 1.82) is 5.26 Å². The summed E-state index contributed by atoms with van der Waals surface area (Å²) in [5.41, 5.74) is 1.41. The quantitative estimate of drug-likeness (QED) is 0.602. The number of pyridine rings is 1. The molecule has 36 heavy (non-hydrogen) atoms. The molecular formula is C28H35N5O3. The molecule has 8 nitrogen and oxygen atoms in total. The molecule has 0 radical (unpaired) electrons. The van der Waals surface area contributed by atoms with Crippen molar-refractivity contribution in [2.45, 2.75) is 82.5 Å². The van der Waals surface area contributed by atoms with Crippen LogP contribution in [0.4, 0.5) is 5.69 Å². The lowest BCUT2D eigenvalue weighted by molar-refractivity contribution is -0.130. The van der Waals surface area contributed by atoms with Gasteiger partial charge in [0, 0.05) is 36.2 Å². The molecule has 1 saturated carbocycles. The molecule has 0 spiro atoms. The smallest absolute Gasteiger partial charge is 0.251 e. The number of hydrogen-bond donors (Lipinski definition) is 2. The molecule has 4 rings (SSSR count). The molecule has 2 heterocycles. The molecule has 2 unspecified atom stereocenters. The molecule has 1 saturated heterocycles. The predicted molar refractivity (Wildman–Crippen MR) is 137 cm³/mol. The molecule has 0 bridgehead atoms. The standard InChI is InChI=1S/C28H35N5O3/c1-27(2,3)20-9-11-22(12-10-20)33(26(35)23-8-6-14-32(23)18-29)24(19-7-5-13-30-17-19)25(34)31-21-15-28(4,36)16-21/h5,7,9-13,17,21,23-24,36H,6,8,14-16H2,1-4H3,(H,31,34). The van der Waals surface area contributed by atoms with Crippen LogP contribution in [0, 0.1) is 11.5 Å². The molecule has 2 aliphatic rings. The number of aliphatic hydroxyl groups is 1. The second-order valence-corrected chi connectivity index (χ2v) is 11.3. The molecule has 1 aromatic carbocycles. The lowest BCUT2D eigenvalue weighted by Gasteiger charge is -2.42. The van der Waals surface area contributed by atoms with E-state index in [0.717, 1.165) is 12.0 Å². The van der Waals surface area contributed by atoms with Gasteiger partial charge in [0.1, 0.15) is 12.1 Å². The zero-order chi connectivity index (χ0) is 26.1. The fourth-order valence-electron chi connectivity index (χ4n) is 5.17. The Morgan fingerprint density at radius 1 is 1.25 bits per heavy atom. The van der Waals surface area contributed by atoms with Gasteiger partial charge in [0.25, 0.3) is 5.91 Å². The molecule has 1 aliphatic heterocycles. The fraction of sp³-hybridized carbons (Fsp3) is 0.500. The van der Waals surface area contributed by atoms with E-state index in [4.69, 9.17) is 0 Å². The van der Waals surface area contributed by atoms with E-state index in [-0.39, 0.29) is 23.3 Å². The maximum absolute atomic E-state index is 14.1. The highest BCUT2D eigenvalue weighted by Crippen LogP contribution is 2.35. The Morgan fingerprint density at radius 2 is 1.94 bits per heavy atom. The molecule has 2 amide bonds. The minimum atomic E-state index is -0.974. The average molecular weight is 490 g/mol. The van der Waals surface area contributed by atoms with Crippen molar-refractivity contribution >= 4 is 17.5 Å². The van der Waals surface area contributed by atoms with Gasteiger partial charge in [0.15, 0.2) is 6.19 Å². The summed E-state index contributed by atoms with van der Waals surface area (Å²) in [5.74, 6) is -0.625. The van der Waals surface area contributed by atoms with Crippen LogP contribution in [-0.4, -0.2) is 51.0 Å². The van der Waals surface area contributed by atoms with E-state index in [2.05, 4.69) is 37.3 Å². The first-order valence-electron chi connectivity index (χ1n) is 12.5. The second-order valence-electron chi connectivity index (χ2n) is 11.3. The summed E-state index contributed by atoms with van der Waals surface area (Å²) < 4.78 is 0. The van der Waals surface area contributed by atoms with Gasteiger partial charge in [0.2, 0.25) is 5.91 Å². The van der Waals surface area contributed by atoms with Crippen LogP contribution in [0.25, 0.3) is 0 Å². The molecule has 2 N–H and O–H groups in total. The Kier molecular flexibility index (Phi) is 7.05. The molecule has 1 aromatic heterocycles. The number of rotatable bonds is 6. The minimum absolute atomic E-state index is 0.0717. The third kappa shape index (κ3) is 5.36. The van der Waals surface area contributed by atoms with Gasteiger partial charge in [-0.3, -0.25) is 24.4 Å². The monoisotopic (exact) mass is 489 g/mol. The van der Waals surface area contributed by atoms with Gasteiger partial charge in [-0.05, 0) is 61.8 Å². The van der Waals surface area contributed by atoms with Gasteiger partial charge in [-0.15, -0.1) is 0 Å². The van der Waals surface area contributed by atoms with Crippen molar-refractivity contribution in [2.24, 2.45) is 0 Å². The number of amides is 2.